The van der Waals surface area contributed by atoms with Gasteiger partial charge in [-0.15, -0.1) is 0 Å². The third-order valence-corrected chi connectivity index (χ3v) is 4.59. The van der Waals surface area contributed by atoms with Crippen LogP contribution in [0.25, 0.3) is 0 Å². The van der Waals surface area contributed by atoms with Crippen molar-refractivity contribution in [2.75, 3.05) is 31.6 Å². The first-order valence-corrected chi connectivity index (χ1v) is 7.99. The van der Waals surface area contributed by atoms with Gasteiger partial charge in [0, 0.05) is 31.6 Å². The quantitative estimate of drug-likeness (QED) is 0.867. The van der Waals surface area contributed by atoms with E-state index in [0.717, 1.165) is 38.2 Å². The number of anilines is 1. The Morgan fingerprint density at radius 3 is 2.45 bits per heavy atom. The summed E-state index contributed by atoms with van der Waals surface area (Å²) in [4.78, 5) is 14.2. The summed E-state index contributed by atoms with van der Waals surface area (Å²) in [5.74, 6) is -0.449. The number of carbonyl (C=O) groups is 1. The van der Waals surface area contributed by atoms with Crippen LogP contribution in [0.2, 0.25) is 0 Å². The summed E-state index contributed by atoms with van der Waals surface area (Å²) in [6.07, 6.45) is 2.44. The molecule has 22 heavy (non-hydrogen) atoms. The van der Waals surface area contributed by atoms with E-state index in [4.69, 9.17) is 9.47 Å². The highest BCUT2D eigenvalue weighted by molar-refractivity contribution is 5.89. The number of benzene rings is 1. The van der Waals surface area contributed by atoms with Crippen molar-refractivity contribution in [2.45, 2.75) is 38.9 Å². The molecule has 0 aromatic heterocycles. The first-order chi connectivity index (χ1) is 10.6. The van der Waals surface area contributed by atoms with Crippen LogP contribution < -0.4 is 5.32 Å². The Morgan fingerprint density at radius 2 is 1.82 bits per heavy atom. The van der Waals surface area contributed by atoms with E-state index < -0.39 is 5.79 Å². The van der Waals surface area contributed by atoms with Crippen LogP contribution in [0.4, 0.5) is 10.5 Å². The molecule has 2 aliphatic rings. The van der Waals surface area contributed by atoms with Gasteiger partial charge in [-0.1, -0.05) is 6.07 Å². The predicted octanol–water partition coefficient (Wildman–Crippen LogP) is 3.06. The lowest BCUT2D eigenvalue weighted by molar-refractivity contribution is -0.281. The Morgan fingerprint density at radius 1 is 1.14 bits per heavy atom. The molecular weight excluding hydrogens is 280 g/mol. The minimum Gasteiger partial charge on any atom is -0.350 e. The Labute approximate surface area is 131 Å². The zero-order chi connectivity index (χ0) is 15.6. The molecule has 1 spiro atoms. The molecule has 120 valence electrons. The maximum Gasteiger partial charge on any atom is 0.321 e. The van der Waals surface area contributed by atoms with Crippen LogP contribution >= 0.6 is 0 Å². The number of aryl methyl sites for hydroxylation is 2. The second-order valence-electron chi connectivity index (χ2n) is 6.18. The molecule has 5 heteroatoms. The molecule has 0 aliphatic carbocycles. The molecule has 2 aliphatic heterocycles. The number of urea groups is 1. The zero-order valence-corrected chi connectivity index (χ0v) is 13.4. The summed E-state index contributed by atoms with van der Waals surface area (Å²) in [6, 6.07) is 5.93. The first-order valence-electron chi connectivity index (χ1n) is 7.99. The SMILES string of the molecule is Cc1ccc(NC(=O)N2CCC3(CC2)OCCCO3)cc1C. The Kier molecular flexibility index (Phi) is 4.36. The van der Waals surface area contributed by atoms with Crippen LogP contribution in [0.15, 0.2) is 18.2 Å². The lowest BCUT2D eigenvalue weighted by atomic mass is 10.0. The van der Waals surface area contributed by atoms with E-state index in [1.54, 1.807) is 0 Å². The van der Waals surface area contributed by atoms with Crippen molar-refractivity contribution in [3.05, 3.63) is 29.3 Å². The Hall–Kier alpha value is -1.59. The second kappa shape index (κ2) is 6.26. The summed E-state index contributed by atoms with van der Waals surface area (Å²) in [5.41, 5.74) is 3.25. The lowest BCUT2D eigenvalue weighted by Crippen LogP contribution is -2.52. The maximum atomic E-state index is 12.4. The van der Waals surface area contributed by atoms with E-state index in [1.807, 2.05) is 30.0 Å². The average molecular weight is 304 g/mol. The van der Waals surface area contributed by atoms with E-state index in [0.29, 0.717) is 13.1 Å². The molecule has 2 amide bonds. The zero-order valence-electron chi connectivity index (χ0n) is 13.4. The molecule has 0 bridgehead atoms. The minimum atomic E-state index is -0.449. The van der Waals surface area contributed by atoms with Gasteiger partial charge in [-0.05, 0) is 43.5 Å². The fraction of sp³-hybridized carbons (Fsp3) is 0.588. The molecule has 5 nitrogen and oxygen atoms in total. The van der Waals surface area contributed by atoms with Gasteiger partial charge in [0.15, 0.2) is 5.79 Å². The van der Waals surface area contributed by atoms with Crippen molar-refractivity contribution in [3.63, 3.8) is 0 Å². The highest BCUT2D eigenvalue weighted by atomic mass is 16.7. The standard InChI is InChI=1S/C17H24N2O3/c1-13-4-5-15(12-14(13)2)18-16(20)19-8-6-17(7-9-19)21-10-3-11-22-17/h4-5,12H,3,6-11H2,1-2H3,(H,18,20). The Bertz CT molecular complexity index is 543. The summed E-state index contributed by atoms with van der Waals surface area (Å²) in [7, 11) is 0. The summed E-state index contributed by atoms with van der Waals surface area (Å²) in [6.45, 7) is 6.96. The first kappa shape index (κ1) is 15.3. The van der Waals surface area contributed by atoms with Gasteiger partial charge < -0.3 is 19.7 Å². The molecule has 0 unspecified atom stereocenters. The number of carbonyl (C=O) groups excluding carboxylic acids is 1. The minimum absolute atomic E-state index is 0.0473. The molecule has 1 aromatic carbocycles. The number of ether oxygens (including phenoxy) is 2. The van der Waals surface area contributed by atoms with Gasteiger partial charge in [0.05, 0.1) is 13.2 Å². The normalized spacial score (nSPS) is 20.9. The van der Waals surface area contributed by atoms with Crippen LogP contribution in [-0.2, 0) is 9.47 Å². The number of likely N-dealkylation sites (tertiary alicyclic amines) is 1. The number of amides is 2. The van der Waals surface area contributed by atoms with Crippen LogP contribution in [0.5, 0.6) is 0 Å². The third-order valence-electron chi connectivity index (χ3n) is 4.59. The summed E-state index contributed by atoms with van der Waals surface area (Å²) in [5, 5.41) is 2.98. The Balaban J connectivity index is 1.56. The predicted molar refractivity (Wildman–Crippen MR) is 85.0 cm³/mol. The van der Waals surface area contributed by atoms with Crippen LogP contribution in [0.3, 0.4) is 0 Å². The van der Waals surface area contributed by atoms with E-state index in [9.17, 15) is 4.79 Å². The number of piperidine rings is 1. The summed E-state index contributed by atoms with van der Waals surface area (Å²) >= 11 is 0. The molecule has 0 radical (unpaired) electrons. The van der Waals surface area contributed by atoms with Gasteiger partial charge in [-0.2, -0.15) is 0 Å². The number of nitrogens with one attached hydrogen (secondary N) is 1. The van der Waals surface area contributed by atoms with Crippen molar-refractivity contribution in [2.24, 2.45) is 0 Å². The van der Waals surface area contributed by atoms with Gasteiger partial charge in [-0.3, -0.25) is 0 Å². The van der Waals surface area contributed by atoms with Crippen molar-refractivity contribution < 1.29 is 14.3 Å². The molecule has 1 N–H and O–H groups in total. The molecule has 2 heterocycles. The number of hydrogen-bond acceptors (Lipinski definition) is 3. The number of hydrogen-bond donors (Lipinski definition) is 1. The summed E-state index contributed by atoms with van der Waals surface area (Å²) < 4.78 is 11.6. The van der Waals surface area contributed by atoms with Gasteiger partial charge >= 0.3 is 6.03 Å². The van der Waals surface area contributed by atoms with E-state index in [-0.39, 0.29) is 6.03 Å². The van der Waals surface area contributed by atoms with Crippen molar-refractivity contribution in [1.29, 1.82) is 0 Å². The molecule has 2 fully saturated rings. The van der Waals surface area contributed by atoms with Crippen LogP contribution in [0.1, 0.15) is 30.4 Å². The highest BCUT2D eigenvalue weighted by Crippen LogP contribution is 2.30. The monoisotopic (exact) mass is 304 g/mol. The molecule has 1 aromatic rings. The van der Waals surface area contributed by atoms with Gasteiger partial charge in [-0.25, -0.2) is 4.79 Å². The topological polar surface area (TPSA) is 50.8 Å². The van der Waals surface area contributed by atoms with E-state index in [1.165, 1.54) is 11.1 Å². The number of nitrogens with zero attached hydrogens (tertiary/aromatic N) is 1. The molecule has 2 saturated heterocycles. The fourth-order valence-corrected chi connectivity index (χ4v) is 2.98. The maximum absolute atomic E-state index is 12.4. The van der Waals surface area contributed by atoms with Crippen LogP contribution in [0, 0.1) is 13.8 Å². The lowest BCUT2D eigenvalue weighted by Gasteiger charge is -2.43. The highest BCUT2D eigenvalue weighted by Gasteiger charge is 2.39. The third kappa shape index (κ3) is 3.25. The molecule has 3 rings (SSSR count). The average Bonchev–Trinajstić information content (AvgIpc) is 2.52. The van der Waals surface area contributed by atoms with Crippen molar-refractivity contribution >= 4 is 11.7 Å². The van der Waals surface area contributed by atoms with Crippen molar-refractivity contribution in [3.8, 4) is 0 Å². The van der Waals surface area contributed by atoms with Crippen molar-refractivity contribution in [1.82, 2.24) is 4.90 Å². The number of rotatable bonds is 1. The largest absolute Gasteiger partial charge is 0.350 e. The van der Waals surface area contributed by atoms with Crippen LogP contribution in [-0.4, -0.2) is 43.0 Å². The van der Waals surface area contributed by atoms with Gasteiger partial charge in [0.1, 0.15) is 0 Å². The van der Waals surface area contributed by atoms with E-state index in [2.05, 4.69) is 12.2 Å². The molecule has 0 atom stereocenters. The smallest absolute Gasteiger partial charge is 0.321 e. The molecular formula is C17H24N2O3. The van der Waals surface area contributed by atoms with Gasteiger partial charge in [0.2, 0.25) is 0 Å². The van der Waals surface area contributed by atoms with Gasteiger partial charge in [0.25, 0.3) is 0 Å². The fourth-order valence-electron chi connectivity index (χ4n) is 2.98. The second-order valence-corrected chi connectivity index (χ2v) is 6.18. The molecule has 0 saturated carbocycles. The van der Waals surface area contributed by atoms with E-state index >= 15 is 0 Å².